The molecule has 0 saturated carbocycles. The number of amides is 2. The maximum atomic E-state index is 14.3. The minimum absolute atomic E-state index is 0.104. The Morgan fingerprint density at radius 3 is 2.68 bits per heavy atom. The number of aromatic nitrogens is 2. The number of rotatable bonds is 7. The normalized spacial score (nSPS) is 15.9. The van der Waals surface area contributed by atoms with Crippen LogP contribution in [0, 0.1) is 5.82 Å². The smallest absolute Gasteiger partial charge is 0.240 e. The summed E-state index contributed by atoms with van der Waals surface area (Å²) in [5, 5.41) is 7.83. The first-order valence-electron chi connectivity index (χ1n) is 11.9. The summed E-state index contributed by atoms with van der Waals surface area (Å²) in [6.07, 6.45) is 0. The Balaban J connectivity index is 1.97. The minimum atomic E-state index is -0.428. The van der Waals surface area contributed by atoms with Gasteiger partial charge in [0.2, 0.25) is 11.8 Å². The molecule has 0 fully saturated rings. The Kier molecular flexibility index (Phi) is 8.26. The van der Waals surface area contributed by atoms with Crippen LogP contribution >= 0.6 is 23.4 Å². The number of hydrogen-bond donors (Lipinski definition) is 1. The van der Waals surface area contributed by atoms with Gasteiger partial charge in [-0.15, -0.1) is 11.8 Å². The van der Waals surface area contributed by atoms with Crippen LogP contribution in [0.3, 0.4) is 0 Å². The fraction of sp³-hybridized carbons (Fsp3) is 0.370. The first kappa shape index (κ1) is 27.2. The van der Waals surface area contributed by atoms with E-state index in [-0.39, 0.29) is 35.2 Å². The van der Waals surface area contributed by atoms with Crippen LogP contribution in [0.2, 0.25) is 5.02 Å². The molecule has 2 amide bonds. The molecule has 3 aromatic rings. The van der Waals surface area contributed by atoms with Crippen molar-refractivity contribution < 1.29 is 18.7 Å². The molecule has 0 radical (unpaired) electrons. The molecule has 0 spiro atoms. The summed E-state index contributed by atoms with van der Waals surface area (Å²) < 4.78 is 21.0. The molecular formula is C27H30ClFN4O3S. The highest BCUT2D eigenvalue weighted by Crippen LogP contribution is 2.48. The second kappa shape index (κ2) is 11.2. The molecule has 1 N–H and O–H groups in total. The molecule has 1 aliphatic rings. The number of methoxy groups -OCH3 is 1. The van der Waals surface area contributed by atoms with Crippen LogP contribution in [0.25, 0.3) is 5.69 Å². The van der Waals surface area contributed by atoms with E-state index in [1.54, 1.807) is 23.9 Å². The van der Waals surface area contributed by atoms with Gasteiger partial charge in [0.25, 0.3) is 0 Å². The van der Waals surface area contributed by atoms with E-state index in [2.05, 4.69) is 5.32 Å². The van der Waals surface area contributed by atoms with Crippen LogP contribution in [0.4, 0.5) is 10.2 Å². The third-order valence-electron chi connectivity index (χ3n) is 5.96. The molecule has 0 saturated heterocycles. The molecule has 0 bridgehead atoms. The van der Waals surface area contributed by atoms with Crippen molar-refractivity contribution in [2.24, 2.45) is 0 Å². The van der Waals surface area contributed by atoms with Crippen molar-refractivity contribution in [3.05, 3.63) is 76.2 Å². The van der Waals surface area contributed by atoms with E-state index < -0.39 is 5.41 Å². The summed E-state index contributed by atoms with van der Waals surface area (Å²) in [6.45, 7) is 6.58. The van der Waals surface area contributed by atoms with Gasteiger partial charge in [-0.3, -0.25) is 14.5 Å². The van der Waals surface area contributed by atoms with Gasteiger partial charge in [-0.1, -0.05) is 56.6 Å². The number of nitrogens with zero attached hydrogens (tertiary/aromatic N) is 3. The van der Waals surface area contributed by atoms with E-state index >= 15 is 0 Å². The van der Waals surface area contributed by atoms with Crippen LogP contribution < -0.4 is 10.2 Å². The van der Waals surface area contributed by atoms with Crippen molar-refractivity contribution in [2.45, 2.75) is 31.4 Å². The van der Waals surface area contributed by atoms with Gasteiger partial charge in [0.1, 0.15) is 18.2 Å². The predicted octanol–water partition coefficient (Wildman–Crippen LogP) is 4.89. The fourth-order valence-corrected chi connectivity index (χ4v) is 5.69. The number of para-hydroxylation sites is 1. The van der Waals surface area contributed by atoms with E-state index in [0.717, 1.165) is 16.8 Å². The second-order valence-electron chi connectivity index (χ2n) is 9.77. The van der Waals surface area contributed by atoms with Crippen molar-refractivity contribution in [1.29, 1.82) is 0 Å². The summed E-state index contributed by atoms with van der Waals surface area (Å²) >= 11 is 8.00. The second-order valence-corrected chi connectivity index (χ2v) is 11.3. The van der Waals surface area contributed by atoms with Crippen LogP contribution in [0.15, 0.2) is 48.5 Å². The first-order valence-corrected chi connectivity index (χ1v) is 13.4. The van der Waals surface area contributed by atoms with Gasteiger partial charge < -0.3 is 10.1 Å². The van der Waals surface area contributed by atoms with E-state index in [1.165, 1.54) is 28.8 Å². The van der Waals surface area contributed by atoms with Crippen molar-refractivity contribution in [1.82, 2.24) is 15.1 Å². The Labute approximate surface area is 225 Å². The lowest BCUT2D eigenvalue weighted by Crippen LogP contribution is -2.43. The van der Waals surface area contributed by atoms with Gasteiger partial charge >= 0.3 is 0 Å². The molecule has 2 aromatic carbocycles. The van der Waals surface area contributed by atoms with E-state index in [1.807, 2.05) is 45.0 Å². The standard InChI is InChI=1S/C27H30ClFN4O3S/c1-27(2,3)25-23-24(17-8-7-9-18(29)14-17)37-16-22(35)32(15-21(34)30-12-13-36-4)26(23)33(31-25)20-11-6-5-10-19(20)28/h5-11,14,24H,12-13,15-16H2,1-4H3,(H,30,34). The zero-order valence-electron chi connectivity index (χ0n) is 21.3. The average molecular weight is 545 g/mol. The van der Waals surface area contributed by atoms with Gasteiger partial charge in [-0.2, -0.15) is 5.10 Å². The highest BCUT2D eigenvalue weighted by molar-refractivity contribution is 8.00. The number of thioether (sulfide) groups is 1. The van der Waals surface area contributed by atoms with Crippen molar-refractivity contribution in [3.63, 3.8) is 0 Å². The fourth-order valence-electron chi connectivity index (χ4n) is 4.29. The number of carbonyl (C=O) groups excluding carboxylic acids is 2. The molecule has 1 unspecified atom stereocenters. The number of hydrogen-bond acceptors (Lipinski definition) is 5. The van der Waals surface area contributed by atoms with Crippen LogP contribution in [-0.4, -0.2) is 54.2 Å². The quantitative estimate of drug-likeness (QED) is 0.428. The number of benzene rings is 2. The number of carbonyl (C=O) groups is 2. The number of anilines is 1. The third kappa shape index (κ3) is 5.84. The summed E-state index contributed by atoms with van der Waals surface area (Å²) in [5.41, 5.74) is 2.37. The van der Waals surface area contributed by atoms with Crippen LogP contribution in [0.1, 0.15) is 42.8 Å². The number of halogens is 2. The zero-order chi connectivity index (χ0) is 26.7. The molecule has 196 valence electrons. The van der Waals surface area contributed by atoms with Gasteiger partial charge in [0.05, 0.1) is 34.0 Å². The summed E-state index contributed by atoms with van der Waals surface area (Å²) in [7, 11) is 1.55. The average Bonchev–Trinajstić information content (AvgIpc) is 3.17. The summed E-state index contributed by atoms with van der Waals surface area (Å²) in [4.78, 5) is 27.9. The van der Waals surface area contributed by atoms with Crippen LogP contribution in [-0.2, 0) is 19.7 Å². The highest BCUT2D eigenvalue weighted by Gasteiger charge is 2.40. The molecule has 1 atom stereocenters. The first-order chi connectivity index (χ1) is 17.6. The maximum Gasteiger partial charge on any atom is 0.240 e. The van der Waals surface area contributed by atoms with Crippen molar-refractivity contribution in [3.8, 4) is 5.69 Å². The number of ether oxygens (including phenoxy) is 1. The Morgan fingerprint density at radius 1 is 1.24 bits per heavy atom. The molecule has 37 heavy (non-hydrogen) atoms. The highest BCUT2D eigenvalue weighted by atomic mass is 35.5. The SMILES string of the molecule is COCCNC(=O)CN1C(=O)CSC(c2cccc(F)c2)c2c(C(C)(C)C)nn(-c3ccccc3Cl)c21. The van der Waals surface area contributed by atoms with Crippen molar-refractivity contribution >= 4 is 41.0 Å². The van der Waals surface area contributed by atoms with E-state index in [4.69, 9.17) is 21.4 Å². The monoisotopic (exact) mass is 544 g/mol. The molecule has 2 heterocycles. The number of nitrogens with one attached hydrogen (secondary N) is 1. The third-order valence-corrected chi connectivity index (χ3v) is 7.54. The molecule has 0 aliphatic carbocycles. The van der Waals surface area contributed by atoms with E-state index in [0.29, 0.717) is 29.7 Å². The van der Waals surface area contributed by atoms with E-state index in [9.17, 15) is 14.0 Å². The lowest BCUT2D eigenvalue weighted by Gasteiger charge is -2.24. The molecule has 4 rings (SSSR count). The Bertz CT molecular complexity index is 1310. The molecule has 1 aliphatic heterocycles. The van der Waals surface area contributed by atoms with Gasteiger partial charge in [-0.25, -0.2) is 9.07 Å². The zero-order valence-corrected chi connectivity index (χ0v) is 22.8. The molecule has 1 aromatic heterocycles. The van der Waals surface area contributed by atoms with Gasteiger partial charge in [0.15, 0.2) is 0 Å². The Hall–Kier alpha value is -2.88. The predicted molar refractivity (Wildman–Crippen MR) is 145 cm³/mol. The maximum absolute atomic E-state index is 14.3. The van der Waals surface area contributed by atoms with Gasteiger partial charge in [-0.05, 0) is 29.8 Å². The van der Waals surface area contributed by atoms with Crippen LogP contribution in [0.5, 0.6) is 0 Å². The molecular weight excluding hydrogens is 515 g/mol. The number of fused-ring (bicyclic) bond motifs is 1. The lowest BCUT2D eigenvalue weighted by atomic mass is 9.87. The Morgan fingerprint density at radius 2 is 2.00 bits per heavy atom. The largest absolute Gasteiger partial charge is 0.383 e. The molecule has 10 heteroatoms. The molecule has 7 nitrogen and oxygen atoms in total. The lowest BCUT2D eigenvalue weighted by molar-refractivity contribution is -0.123. The summed E-state index contributed by atoms with van der Waals surface area (Å²) in [5.74, 6) is -0.368. The topological polar surface area (TPSA) is 76.5 Å². The minimum Gasteiger partial charge on any atom is -0.383 e. The van der Waals surface area contributed by atoms with Gasteiger partial charge in [0, 0.05) is 24.6 Å². The van der Waals surface area contributed by atoms with Crippen molar-refractivity contribution in [2.75, 3.05) is 37.5 Å². The summed E-state index contributed by atoms with van der Waals surface area (Å²) in [6, 6.07) is 13.6.